The fraction of sp³-hybridized carbons (Fsp3) is 0.704. The molecule has 1 aromatic rings. The molecular formula is C27H47N3O8SSi2. The Morgan fingerprint density at radius 3 is 2.12 bits per heavy atom. The highest BCUT2D eigenvalue weighted by atomic mass is 32.2. The van der Waals surface area contributed by atoms with E-state index in [0.29, 0.717) is 5.56 Å². The molecule has 0 amide bonds. The Kier molecular flexibility index (Phi) is 8.81. The maximum atomic E-state index is 13.7. The van der Waals surface area contributed by atoms with Crippen molar-refractivity contribution in [3.63, 3.8) is 0 Å². The Labute approximate surface area is 245 Å². The Morgan fingerprint density at radius 2 is 1.66 bits per heavy atom. The number of rotatable bonds is 8. The molecule has 0 saturated carbocycles. The molecule has 41 heavy (non-hydrogen) atoms. The van der Waals surface area contributed by atoms with Gasteiger partial charge in [0, 0.05) is 18.3 Å². The van der Waals surface area contributed by atoms with Gasteiger partial charge in [-0.05, 0) is 43.2 Å². The second-order valence-electron chi connectivity index (χ2n) is 14.0. The molecule has 14 heteroatoms. The maximum Gasteiger partial charge on any atom is 0.333 e. The van der Waals surface area contributed by atoms with Crippen LogP contribution in [0.2, 0.25) is 36.3 Å². The minimum atomic E-state index is -4.21. The van der Waals surface area contributed by atoms with E-state index in [1.165, 1.54) is 16.8 Å². The van der Waals surface area contributed by atoms with Crippen molar-refractivity contribution in [2.24, 2.45) is 5.73 Å². The van der Waals surface area contributed by atoms with Crippen LogP contribution < -0.4 is 17.0 Å². The van der Waals surface area contributed by atoms with Crippen LogP contribution in [-0.4, -0.2) is 58.6 Å². The molecule has 2 aliphatic heterocycles. The van der Waals surface area contributed by atoms with Crippen molar-refractivity contribution in [1.29, 1.82) is 0 Å². The van der Waals surface area contributed by atoms with Gasteiger partial charge >= 0.3 is 5.69 Å². The Hall–Kier alpha value is -1.82. The van der Waals surface area contributed by atoms with Gasteiger partial charge in [0.25, 0.3) is 15.7 Å². The summed E-state index contributed by atoms with van der Waals surface area (Å²) >= 11 is 0. The van der Waals surface area contributed by atoms with Crippen molar-refractivity contribution in [1.82, 2.24) is 9.13 Å². The molecule has 1 aromatic heterocycles. The lowest BCUT2D eigenvalue weighted by Gasteiger charge is -2.43. The van der Waals surface area contributed by atoms with Gasteiger partial charge in [-0.2, -0.15) is 8.42 Å². The van der Waals surface area contributed by atoms with E-state index < -0.39 is 62.0 Å². The van der Waals surface area contributed by atoms with E-state index >= 15 is 0 Å². The number of aromatic nitrogens is 2. The molecule has 1 spiro atoms. The highest BCUT2D eigenvalue weighted by molar-refractivity contribution is 7.90. The second kappa shape index (κ2) is 10.7. The maximum absolute atomic E-state index is 13.7. The van der Waals surface area contributed by atoms with Crippen LogP contribution in [0.15, 0.2) is 39.5 Å². The van der Waals surface area contributed by atoms with Gasteiger partial charge in [-0.15, -0.1) is 6.58 Å². The van der Waals surface area contributed by atoms with Crippen molar-refractivity contribution >= 4 is 26.8 Å². The molecule has 2 unspecified atom stereocenters. The summed E-state index contributed by atoms with van der Waals surface area (Å²) in [5, 5.41) is 0.438. The number of allylic oxidation sites excluding steroid dienone is 1. The number of nitrogens with zero attached hydrogens (tertiary/aromatic N) is 2. The van der Waals surface area contributed by atoms with E-state index in [1.807, 2.05) is 33.9 Å². The van der Waals surface area contributed by atoms with Gasteiger partial charge in [0.1, 0.15) is 12.2 Å². The third kappa shape index (κ3) is 6.01. The van der Waals surface area contributed by atoms with Crippen molar-refractivity contribution < 1.29 is 26.2 Å². The molecule has 0 aliphatic carbocycles. The predicted octanol–water partition coefficient (Wildman–Crippen LogP) is 3.71. The normalized spacial score (nSPS) is 26.9. The fourth-order valence-electron chi connectivity index (χ4n) is 4.44. The van der Waals surface area contributed by atoms with Crippen LogP contribution in [0.4, 0.5) is 0 Å². The zero-order valence-corrected chi connectivity index (χ0v) is 29.0. The Morgan fingerprint density at radius 1 is 1.10 bits per heavy atom. The molecule has 3 heterocycles. The molecular weight excluding hydrogens is 583 g/mol. The van der Waals surface area contributed by atoms with Crippen LogP contribution in [-0.2, 0) is 34.4 Å². The zero-order valence-electron chi connectivity index (χ0n) is 26.2. The highest BCUT2D eigenvalue weighted by Crippen LogP contribution is 2.52. The van der Waals surface area contributed by atoms with Gasteiger partial charge in [-0.3, -0.25) is 13.9 Å². The van der Waals surface area contributed by atoms with E-state index in [9.17, 15) is 18.0 Å². The topological polar surface area (TPSA) is 141 Å². The van der Waals surface area contributed by atoms with E-state index in [0.717, 1.165) is 9.98 Å². The standard InChI is InChI=1S/C27H47N3O8SSi2/c1-13-14-29-22(31)18(2)15-30(24(29)32)23-21(37-41(11,12)26(6,7)8)27(19(28)17-39(33,34)38-27)20(36-23)16-35-40(9,10)25(3,4)5/h13,15,17,20-21,23H,1,14,16,28H2,2-12H3/t20?,21-,23+,27?/m0/s1. The molecule has 2 N–H and O–H groups in total. The molecule has 0 radical (unpaired) electrons. The summed E-state index contributed by atoms with van der Waals surface area (Å²) in [4.78, 5) is 26.6. The second-order valence-corrected chi connectivity index (χ2v) is 25.0. The summed E-state index contributed by atoms with van der Waals surface area (Å²) in [5.41, 5.74) is 3.80. The molecule has 1 saturated heterocycles. The predicted molar refractivity (Wildman–Crippen MR) is 164 cm³/mol. The highest BCUT2D eigenvalue weighted by Gasteiger charge is 2.67. The molecule has 0 aromatic carbocycles. The van der Waals surface area contributed by atoms with Crippen LogP contribution in [0, 0.1) is 6.92 Å². The first-order valence-corrected chi connectivity index (χ1v) is 21.0. The van der Waals surface area contributed by atoms with Crippen molar-refractivity contribution in [2.45, 2.75) is 115 Å². The molecule has 4 atom stereocenters. The molecule has 2 aliphatic rings. The van der Waals surface area contributed by atoms with E-state index in [2.05, 4.69) is 40.4 Å². The van der Waals surface area contributed by atoms with E-state index in [4.69, 9.17) is 23.5 Å². The van der Waals surface area contributed by atoms with Gasteiger partial charge in [0.2, 0.25) is 0 Å². The van der Waals surface area contributed by atoms with Gasteiger partial charge in [-0.25, -0.2) is 8.98 Å². The van der Waals surface area contributed by atoms with Crippen molar-refractivity contribution in [3.8, 4) is 0 Å². The number of hydrogen-bond acceptors (Lipinski definition) is 9. The molecule has 232 valence electrons. The summed E-state index contributed by atoms with van der Waals surface area (Å²) in [6, 6.07) is 0. The zero-order chi connectivity index (χ0) is 31.6. The van der Waals surface area contributed by atoms with E-state index in [-0.39, 0.29) is 28.9 Å². The average molecular weight is 630 g/mol. The van der Waals surface area contributed by atoms with Crippen LogP contribution in [0.5, 0.6) is 0 Å². The van der Waals surface area contributed by atoms with E-state index in [1.54, 1.807) is 6.92 Å². The molecule has 3 rings (SSSR count). The summed E-state index contributed by atoms with van der Waals surface area (Å²) < 4.78 is 53.9. The quantitative estimate of drug-likeness (QED) is 0.259. The first kappa shape index (κ1) is 33.7. The SMILES string of the molecule is C=CCn1c(=O)c(C)cn([C@@H]2OC(CO[Si](C)(C)C(C)(C)C)C3(OS(=O)(=O)C=C3N)[C@H]2O[Si](C)(C)C(C)(C)C)c1=O. The first-order valence-electron chi connectivity index (χ1n) is 13.8. The summed E-state index contributed by atoms with van der Waals surface area (Å²) in [6.45, 7) is 25.7. The lowest BCUT2D eigenvalue weighted by molar-refractivity contribution is -0.0567. The van der Waals surface area contributed by atoms with Gasteiger partial charge in [-0.1, -0.05) is 47.6 Å². The number of ether oxygens (including phenoxy) is 1. The van der Waals surface area contributed by atoms with Crippen LogP contribution in [0.1, 0.15) is 53.3 Å². The Balaban J connectivity index is 2.30. The van der Waals surface area contributed by atoms with Crippen LogP contribution in [0.3, 0.4) is 0 Å². The van der Waals surface area contributed by atoms with Gasteiger partial charge in [0.15, 0.2) is 28.5 Å². The van der Waals surface area contributed by atoms with Crippen molar-refractivity contribution in [2.75, 3.05) is 6.61 Å². The third-order valence-corrected chi connectivity index (χ3v) is 19.0. The number of hydrogen-bond donors (Lipinski definition) is 1. The van der Waals surface area contributed by atoms with Gasteiger partial charge < -0.3 is 19.3 Å². The summed E-state index contributed by atoms with van der Waals surface area (Å²) in [5.74, 6) is 0. The smallest absolute Gasteiger partial charge is 0.333 e. The average Bonchev–Trinajstić information content (AvgIpc) is 3.22. The third-order valence-electron chi connectivity index (χ3n) is 9.02. The van der Waals surface area contributed by atoms with Crippen LogP contribution in [0.25, 0.3) is 0 Å². The minimum absolute atomic E-state index is 0.0181. The lowest BCUT2D eigenvalue weighted by atomic mass is 9.89. The largest absolute Gasteiger partial charge is 0.414 e. The monoisotopic (exact) mass is 629 g/mol. The summed E-state index contributed by atoms with van der Waals surface area (Å²) in [6.07, 6.45) is -0.518. The summed E-state index contributed by atoms with van der Waals surface area (Å²) in [7, 11) is -9.23. The van der Waals surface area contributed by atoms with Gasteiger partial charge in [0.05, 0.1) is 17.7 Å². The lowest BCUT2D eigenvalue weighted by Crippen LogP contribution is -2.59. The molecule has 1 fully saturated rings. The molecule has 0 bridgehead atoms. The number of aryl methyl sites for hydroxylation is 1. The molecule has 11 nitrogen and oxygen atoms in total. The fourth-order valence-corrected chi connectivity index (χ4v) is 7.95. The number of nitrogens with two attached hydrogens (primary N) is 1. The first-order chi connectivity index (χ1) is 18.4. The minimum Gasteiger partial charge on any atom is -0.414 e. The van der Waals surface area contributed by atoms with Crippen molar-refractivity contribution in [3.05, 3.63) is 56.4 Å². The Bertz CT molecular complexity index is 1450. The van der Waals surface area contributed by atoms with Crippen LogP contribution >= 0.6 is 0 Å².